The largest absolute Gasteiger partial charge is 0.366 e. The summed E-state index contributed by atoms with van der Waals surface area (Å²) in [4.78, 5) is 2.41. The molecule has 0 saturated carbocycles. The van der Waals surface area contributed by atoms with E-state index in [1.165, 1.54) is 43.0 Å². The molecule has 1 atom stereocenters. The first-order valence-corrected chi connectivity index (χ1v) is 6.61. The SMILES string of the molecule is Cc1ccsc1N(C)CC1CCCNC1. The van der Waals surface area contributed by atoms with Crippen molar-refractivity contribution in [1.82, 2.24) is 5.32 Å². The van der Waals surface area contributed by atoms with Gasteiger partial charge in [0.2, 0.25) is 0 Å². The molecule has 0 amide bonds. The van der Waals surface area contributed by atoms with E-state index in [-0.39, 0.29) is 0 Å². The zero-order chi connectivity index (χ0) is 10.7. The average molecular weight is 224 g/mol. The van der Waals surface area contributed by atoms with Crippen LogP contribution in [0, 0.1) is 12.8 Å². The van der Waals surface area contributed by atoms with Crippen LogP contribution in [-0.2, 0) is 0 Å². The summed E-state index contributed by atoms with van der Waals surface area (Å²) < 4.78 is 0. The molecule has 0 aliphatic carbocycles. The highest BCUT2D eigenvalue weighted by Gasteiger charge is 2.16. The molecular weight excluding hydrogens is 204 g/mol. The van der Waals surface area contributed by atoms with Crippen LogP contribution < -0.4 is 10.2 Å². The van der Waals surface area contributed by atoms with Crippen LogP contribution in [0.2, 0.25) is 0 Å². The van der Waals surface area contributed by atoms with Gasteiger partial charge < -0.3 is 10.2 Å². The number of anilines is 1. The molecule has 1 saturated heterocycles. The zero-order valence-electron chi connectivity index (χ0n) is 9.62. The number of piperidine rings is 1. The Kier molecular flexibility index (Phi) is 3.65. The Labute approximate surface area is 96.3 Å². The summed E-state index contributed by atoms with van der Waals surface area (Å²) >= 11 is 1.85. The third-order valence-electron chi connectivity index (χ3n) is 3.11. The number of aryl methyl sites for hydroxylation is 1. The molecule has 1 aliphatic rings. The molecule has 0 radical (unpaired) electrons. The van der Waals surface area contributed by atoms with Crippen LogP contribution in [0.15, 0.2) is 11.4 Å². The highest BCUT2D eigenvalue weighted by molar-refractivity contribution is 7.14. The predicted octanol–water partition coefficient (Wildman–Crippen LogP) is 2.49. The van der Waals surface area contributed by atoms with Crippen molar-refractivity contribution >= 4 is 16.3 Å². The Morgan fingerprint density at radius 2 is 2.47 bits per heavy atom. The van der Waals surface area contributed by atoms with Crippen LogP contribution >= 0.6 is 11.3 Å². The van der Waals surface area contributed by atoms with E-state index in [1.54, 1.807) is 0 Å². The molecule has 1 aromatic rings. The maximum atomic E-state index is 3.48. The van der Waals surface area contributed by atoms with E-state index in [4.69, 9.17) is 0 Å². The number of nitrogens with zero attached hydrogens (tertiary/aromatic N) is 1. The molecule has 0 spiro atoms. The summed E-state index contributed by atoms with van der Waals surface area (Å²) in [6, 6.07) is 2.20. The summed E-state index contributed by atoms with van der Waals surface area (Å²) in [5.74, 6) is 0.824. The van der Waals surface area contributed by atoms with E-state index in [2.05, 4.69) is 35.6 Å². The second kappa shape index (κ2) is 4.99. The molecule has 2 nitrogen and oxygen atoms in total. The van der Waals surface area contributed by atoms with Crippen molar-refractivity contribution in [2.24, 2.45) is 5.92 Å². The van der Waals surface area contributed by atoms with E-state index in [9.17, 15) is 0 Å². The van der Waals surface area contributed by atoms with Gasteiger partial charge in [0.25, 0.3) is 0 Å². The van der Waals surface area contributed by atoms with Crippen LogP contribution in [0.3, 0.4) is 0 Å². The first-order chi connectivity index (χ1) is 7.27. The summed E-state index contributed by atoms with van der Waals surface area (Å²) in [5, 5.41) is 7.09. The van der Waals surface area contributed by atoms with Gasteiger partial charge in [-0.25, -0.2) is 0 Å². The van der Waals surface area contributed by atoms with Crippen LogP contribution in [0.1, 0.15) is 18.4 Å². The Hall–Kier alpha value is -0.540. The third kappa shape index (κ3) is 2.73. The smallest absolute Gasteiger partial charge is 0.0935 e. The molecule has 1 unspecified atom stereocenters. The average Bonchev–Trinajstić information content (AvgIpc) is 2.66. The van der Waals surface area contributed by atoms with E-state index >= 15 is 0 Å². The molecule has 1 aliphatic heterocycles. The lowest BCUT2D eigenvalue weighted by atomic mass is 9.99. The molecule has 1 fully saturated rings. The summed E-state index contributed by atoms with van der Waals surface area (Å²) in [6.07, 6.45) is 2.71. The minimum Gasteiger partial charge on any atom is -0.366 e. The van der Waals surface area contributed by atoms with Crippen molar-refractivity contribution in [2.45, 2.75) is 19.8 Å². The van der Waals surface area contributed by atoms with Gasteiger partial charge in [-0.15, -0.1) is 11.3 Å². The van der Waals surface area contributed by atoms with Crippen molar-refractivity contribution in [1.29, 1.82) is 0 Å². The lowest BCUT2D eigenvalue weighted by molar-refractivity contribution is 0.381. The normalized spacial score (nSPS) is 21.6. The van der Waals surface area contributed by atoms with Gasteiger partial charge in [-0.1, -0.05) is 0 Å². The third-order valence-corrected chi connectivity index (χ3v) is 4.24. The highest BCUT2D eigenvalue weighted by atomic mass is 32.1. The van der Waals surface area contributed by atoms with Crippen LogP contribution in [-0.4, -0.2) is 26.7 Å². The Morgan fingerprint density at radius 3 is 3.07 bits per heavy atom. The van der Waals surface area contributed by atoms with Crippen molar-refractivity contribution in [2.75, 3.05) is 31.6 Å². The second-order valence-corrected chi connectivity index (χ2v) is 5.40. The molecule has 0 aromatic carbocycles. The number of hydrogen-bond acceptors (Lipinski definition) is 3. The fraction of sp³-hybridized carbons (Fsp3) is 0.667. The Balaban J connectivity index is 1.91. The topological polar surface area (TPSA) is 15.3 Å². The quantitative estimate of drug-likeness (QED) is 0.848. The highest BCUT2D eigenvalue weighted by Crippen LogP contribution is 2.27. The first-order valence-electron chi connectivity index (χ1n) is 5.73. The molecular formula is C12H20N2S. The zero-order valence-corrected chi connectivity index (χ0v) is 10.4. The van der Waals surface area contributed by atoms with Gasteiger partial charge in [-0.05, 0) is 55.8 Å². The van der Waals surface area contributed by atoms with Crippen molar-refractivity contribution < 1.29 is 0 Å². The van der Waals surface area contributed by atoms with Crippen LogP contribution in [0.4, 0.5) is 5.00 Å². The second-order valence-electron chi connectivity index (χ2n) is 4.50. The van der Waals surface area contributed by atoms with Crippen molar-refractivity contribution in [3.8, 4) is 0 Å². The van der Waals surface area contributed by atoms with Gasteiger partial charge in [0.05, 0.1) is 5.00 Å². The molecule has 2 heterocycles. The van der Waals surface area contributed by atoms with E-state index in [0.717, 1.165) is 5.92 Å². The van der Waals surface area contributed by atoms with Gasteiger partial charge in [0, 0.05) is 13.6 Å². The van der Waals surface area contributed by atoms with Gasteiger partial charge in [-0.3, -0.25) is 0 Å². The fourth-order valence-corrected chi connectivity index (χ4v) is 3.22. The maximum Gasteiger partial charge on any atom is 0.0935 e. The number of nitrogens with one attached hydrogen (secondary N) is 1. The van der Waals surface area contributed by atoms with Crippen LogP contribution in [0.5, 0.6) is 0 Å². The van der Waals surface area contributed by atoms with Gasteiger partial charge in [-0.2, -0.15) is 0 Å². The minimum atomic E-state index is 0.824. The summed E-state index contributed by atoms with van der Waals surface area (Å²) in [6.45, 7) is 5.78. The summed E-state index contributed by atoms with van der Waals surface area (Å²) in [7, 11) is 2.22. The Morgan fingerprint density at radius 1 is 1.60 bits per heavy atom. The van der Waals surface area contributed by atoms with Gasteiger partial charge >= 0.3 is 0 Å². The van der Waals surface area contributed by atoms with E-state index in [0.29, 0.717) is 0 Å². The van der Waals surface area contributed by atoms with E-state index < -0.39 is 0 Å². The predicted molar refractivity (Wildman–Crippen MR) is 67.9 cm³/mol. The Bertz CT molecular complexity index is 302. The lowest BCUT2D eigenvalue weighted by Crippen LogP contribution is -2.36. The fourth-order valence-electron chi connectivity index (χ4n) is 2.31. The molecule has 0 bridgehead atoms. The summed E-state index contributed by atoms with van der Waals surface area (Å²) in [5.41, 5.74) is 1.41. The van der Waals surface area contributed by atoms with Crippen LogP contribution in [0.25, 0.3) is 0 Å². The maximum absolute atomic E-state index is 3.48. The lowest BCUT2D eigenvalue weighted by Gasteiger charge is -2.28. The molecule has 2 rings (SSSR count). The monoisotopic (exact) mass is 224 g/mol. The molecule has 1 aromatic heterocycles. The standard InChI is InChI=1S/C12H20N2S/c1-10-5-7-15-12(10)14(2)9-11-4-3-6-13-8-11/h5,7,11,13H,3-4,6,8-9H2,1-2H3. The van der Waals surface area contributed by atoms with Crippen molar-refractivity contribution in [3.05, 3.63) is 17.0 Å². The molecule has 15 heavy (non-hydrogen) atoms. The first kappa shape index (κ1) is 11.0. The van der Waals surface area contributed by atoms with Gasteiger partial charge in [0.15, 0.2) is 0 Å². The van der Waals surface area contributed by atoms with Crippen molar-refractivity contribution in [3.63, 3.8) is 0 Å². The number of hydrogen-bond donors (Lipinski definition) is 1. The molecule has 84 valence electrons. The molecule has 3 heteroatoms. The molecule has 1 N–H and O–H groups in total. The van der Waals surface area contributed by atoms with E-state index in [1.807, 2.05) is 11.3 Å². The van der Waals surface area contributed by atoms with Gasteiger partial charge in [0.1, 0.15) is 0 Å². The minimum absolute atomic E-state index is 0.824. The number of thiophene rings is 1. The number of rotatable bonds is 3.